The van der Waals surface area contributed by atoms with Crippen molar-refractivity contribution in [2.75, 3.05) is 4.72 Å². The van der Waals surface area contributed by atoms with E-state index in [1.54, 1.807) is 13.1 Å². The molecule has 0 bridgehead atoms. The fourth-order valence-corrected chi connectivity index (χ4v) is 3.31. The van der Waals surface area contributed by atoms with Crippen molar-refractivity contribution in [2.24, 2.45) is 7.05 Å². The summed E-state index contributed by atoms with van der Waals surface area (Å²) < 4.78 is 57.8. The minimum Gasteiger partial charge on any atom is -0.415 e. The van der Waals surface area contributed by atoms with Gasteiger partial charge < -0.3 is 4.74 Å². The van der Waals surface area contributed by atoms with Crippen LogP contribution < -0.4 is 9.46 Å². The molecule has 0 aliphatic heterocycles. The molecule has 0 amide bonds. The maximum absolute atomic E-state index is 12.6. The van der Waals surface area contributed by atoms with Crippen molar-refractivity contribution >= 4 is 26.7 Å². The predicted molar refractivity (Wildman–Crippen MR) is 80.2 cm³/mol. The zero-order chi connectivity index (χ0) is 17.3. The lowest BCUT2D eigenvalue weighted by Gasteiger charge is -2.12. The number of aryl methyl sites for hydroxylation is 1. The van der Waals surface area contributed by atoms with Crippen LogP contribution >= 0.6 is 0 Å². The van der Waals surface area contributed by atoms with Gasteiger partial charge in [-0.2, -0.15) is 8.78 Å². The molecule has 0 aliphatic carbocycles. The van der Waals surface area contributed by atoms with Gasteiger partial charge in [0.25, 0.3) is 10.0 Å². The minimum absolute atomic E-state index is 0.139. The predicted octanol–water partition coefficient (Wildman–Crippen LogP) is 1.77. The van der Waals surface area contributed by atoms with Gasteiger partial charge >= 0.3 is 6.61 Å². The number of sulfonamides is 1. The molecule has 2 heterocycles. The minimum atomic E-state index is -4.12. The number of fused-ring (bicyclic) bond motifs is 1. The average molecular weight is 355 g/mol. The first-order chi connectivity index (χ1) is 11.4. The van der Waals surface area contributed by atoms with E-state index in [1.165, 1.54) is 35.1 Å². The van der Waals surface area contributed by atoms with Crippen molar-refractivity contribution in [2.45, 2.75) is 11.5 Å². The Kier molecular flexibility index (Phi) is 4.01. The molecule has 0 spiro atoms. The number of nitrogens with zero attached hydrogens (tertiary/aromatic N) is 4. The molecule has 0 radical (unpaired) electrons. The van der Waals surface area contributed by atoms with Crippen LogP contribution in [0.1, 0.15) is 0 Å². The van der Waals surface area contributed by atoms with Gasteiger partial charge in [-0.05, 0) is 24.3 Å². The van der Waals surface area contributed by atoms with E-state index in [1.807, 2.05) is 0 Å². The number of halogens is 2. The third-order valence-electron chi connectivity index (χ3n) is 3.11. The Balaban J connectivity index is 2.03. The van der Waals surface area contributed by atoms with Crippen LogP contribution in [0, 0.1) is 0 Å². The van der Waals surface area contributed by atoms with Crippen molar-refractivity contribution in [1.29, 1.82) is 0 Å². The molecule has 24 heavy (non-hydrogen) atoms. The van der Waals surface area contributed by atoms with Gasteiger partial charge in [-0.3, -0.25) is 4.72 Å². The Morgan fingerprint density at radius 2 is 2.04 bits per heavy atom. The molecule has 8 nitrogen and oxygen atoms in total. The van der Waals surface area contributed by atoms with E-state index in [9.17, 15) is 17.2 Å². The number of hydrogen-bond acceptors (Lipinski definition) is 6. The molecule has 1 aromatic carbocycles. The second kappa shape index (κ2) is 6.00. The Morgan fingerprint density at radius 1 is 1.25 bits per heavy atom. The van der Waals surface area contributed by atoms with Crippen molar-refractivity contribution < 1.29 is 21.9 Å². The van der Waals surface area contributed by atoms with Crippen molar-refractivity contribution in [1.82, 2.24) is 20.0 Å². The highest BCUT2D eigenvalue weighted by atomic mass is 32.2. The first kappa shape index (κ1) is 16.1. The van der Waals surface area contributed by atoms with Crippen LogP contribution in [0.25, 0.3) is 11.0 Å². The fourth-order valence-electron chi connectivity index (χ4n) is 2.10. The van der Waals surface area contributed by atoms with Crippen LogP contribution in [-0.2, 0) is 17.1 Å². The number of alkyl halides is 2. The molecule has 0 saturated heterocycles. The van der Waals surface area contributed by atoms with Crippen LogP contribution in [0.5, 0.6) is 5.88 Å². The summed E-state index contributed by atoms with van der Waals surface area (Å²) in [7, 11) is -2.50. The van der Waals surface area contributed by atoms with Gasteiger partial charge in [-0.15, -0.1) is 5.10 Å². The fraction of sp³-hybridized carbons (Fsp3) is 0.154. The summed E-state index contributed by atoms with van der Waals surface area (Å²) >= 11 is 0. The molecule has 0 atom stereocenters. The SMILES string of the molecule is Cn1nnc2c(S(=O)(=O)Nc3cccnc3OC(F)F)cccc21. The van der Waals surface area contributed by atoms with E-state index >= 15 is 0 Å². The van der Waals surface area contributed by atoms with Gasteiger partial charge in [-0.25, -0.2) is 18.1 Å². The van der Waals surface area contributed by atoms with Gasteiger partial charge in [0.05, 0.1) is 5.52 Å². The molecular formula is C13H11F2N5O3S. The highest BCUT2D eigenvalue weighted by Gasteiger charge is 2.22. The third kappa shape index (κ3) is 2.97. The number of anilines is 1. The number of pyridine rings is 1. The highest BCUT2D eigenvalue weighted by molar-refractivity contribution is 7.93. The van der Waals surface area contributed by atoms with Gasteiger partial charge in [0, 0.05) is 13.2 Å². The zero-order valence-corrected chi connectivity index (χ0v) is 13.0. The molecule has 126 valence electrons. The summed E-state index contributed by atoms with van der Waals surface area (Å²) in [6.45, 7) is -3.13. The Morgan fingerprint density at radius 3 is 2.79 bits per heavy atom. The molecule has 2 aromatic heterocycles. The average Bonchev–Trinajstić information content (AvgIpc) is 2.90. The summed E-state index contributed by atoms with van der Waals surface area (Å²) in [5.41, 5.74) is 0.458. The number of ether oxygens (including phenoxy) is 1. The van der Waals surface area contributed by atoms with E-state index in [2.05, 4.69) is 24.8 Å². The molecule has 3 aromatic rings. The van der Waals surface area contributed by atoms with E-state index in [0.29, 0.717) is 5.52 Å². The second-order valence-corrected chi connectivity index (χ2v) is 6.33. The Hall–Kier alpha value is -2.82. The van der Waals surface area contributed by atoms with E-state index in [0.717, 1.165) is 0 Å². The summed E-state index contributed by atoms with van der Waals surface area (Å²) in [4.78, 5) is 3.46. The van der Waals surface area contributed by atoms with Crippen LogP contribution in [0.3, 0.4) is 0 Å². The lowest BCUT2D eigenvalue weighted by Crippen LogP contribution is -2.15. The van der Waals surface area contributed by atoms with Gasteiger partial charge in [-0.1, -0.05) is 11.3 Å². The molecule has 0 saturated carbocycles. The summed E-state index contributed by atoms with van der Waals surface area (Å²) in [6.07, 6.45) is 1.21. The van der Waals surface area contributed by atoms with Crippen molar-refractivity contribution in [3.05, 3.63) is 36.5 Å². The molecule has 0 aliphatic rings. The molecule has 1 N–H and O–H groups in total. The first-order valence-electron chi connectivity index (χ1n) is 6.59. The zero-order valence-electron chi connectivity index (χ0n) is 12.2. The van der Waals surface area contributed by atoms with Crippen molar-refractivity contribution in [3.63, 3.8) is 0 Å². The highest BCUT2D eigenvalue weighted by Crippen LogP contribution is 2.27. The molecular weight excluding hydrogens is 344 g/mol. The molecule has 0 fully saturated rings. The smallest absolute Gasteiger partial charge is 0.388 e. The van der Waals surface area contributed by atoms with E-state index in [4.69, 9.17) is 0 Å². The number of nitrogens with one attached hydrogen (secondary N) is 1. The quantitative estimate of drug-likeness (QED) is 0.749. The van der Waals surface area contributed by atoms with Crippen LogP contribution in [0.4, 0.5) is 14.5 Å². The van der Waals surface area contributed by atoms with Crippen LogP contribution in [0.2, 0.25) is 0 Å². The summed E-state index contributed by atoms with van der Waals surface area (Å²) in [6, 6.07) is 7.17. The summed E-state index contributed by atoms with van der Waals surface area (Å²) in [5.74, 6) is -0.526. The summed E-state index contributed by atoms with van der Waals surface area (Å²) in [5, 5.41) is 7.60. The lowest BCUT2D eigenvalue weighted by molar-refractivity contribution is -0.0523. The maximum atomic E-state index is 12.6. The Labute approximate surface area is 135 Å². The molecule has 0 unspecified atom stereocenters. The Bertz CT molecular complexity index is 990. The van der Waals surface area contributed by atoms with Gasteiger partial charge in [0.15, 0.2) is 0 Å². The van der Waals surface area contributed by atoms with Crippen LogP contribution in [-0.4, -0.2) is 35.0 Å². The van der Waals surface area contributed by atoms with Crippen molar-refractivity contribution in [3.8, 4) is 5.88 Å². The monoisotopic (exact) mass is 355 g/mol. The maximum Gasteiger partial charge on any atom is 0.388 e. The largest absolute Gasteiger partial charge is 0.415 e. The number of aromatic nitrogens is 4. The van der Waals surface area contributed by atoms with Gasteiger partial charge in [0.2, 0.25) is 5.88 Å². The topological polar surface area (TPSA) is 99.0 Å². The third-order valence-corrected chi connectivity index (χ3v) is 4.51. The standard InChI is InChI=1S/C13H11F2N5O3S/c1-20-9-5-2-6-10(11(9)17-19-20)24(21,22)18-8-4-3-7-16-12(8)23-13(14)15/h2-7,13,18H,1H3. The van der Waals surface area contributed by atoms with Gasteiger partial charge in [0.1, 0.15) is 16.1 Å². The normalized spacial score (nSPS) is 11.8. The molecule has 11 heteroatoms. The van der Waals surface area contributed by atoms with Crippen LogP contribution in [0.15, 0.2) is 41.4 Å². The first-order valence-corrected chi connectivity index (χ1v) is 8.08. The lowest BCUT2D eigenvalue weighted by atomic mass is 10.3. The number of benzene rings is 1. The van der Waals surface area contributed by atoms with E-state index < -0.39 is 22.5 Å². The number of rotatable bonds is 5. The molecule has 3 rings (SSSR count). The number of hydrogen-bond donors (Lipinski definition) is 1. The second-order valence-electron chi connectivity index (χ2n) is 4.68. The van der Waals surface area contributed by atoms with E-state index in [-0.39, 0.29) is 16.1 Å².